The summed E-state index contributed by atoms with van der Waals surface area (Å²) in [5, 5.41) is 6.44. The molecule has 2 aromatic heterocycles. The van der Waals surface area contributed by atoms with Gasteiger partial charge in [-0.1, -0.05) is 24.3 Å². The Kier molecular flexibility index (Phi) is 5.94. The van der Waals surface area contributed by atoms with E-state index in [4.69, 9.17) is 5.73 Å². The van der Waals surface area contributed by atoms with Crippen molar-refractivity contribution in [2.24, 2.45) is 0 Å². The van der Waals surface area contributed by atoms with Gasteiger partial charge in [-0.15, -0.1) is 11.3 Å². The van der Waals surface area contributed by atoms with E-state index in [1.54, 1.807) is 10.6 Å². The van der Waals surface area contributed by atoms with Gasteiger partial charge in [0, 0.05) is 24.0 Å². The van der Waals surface area contributed by atoms with Crippen LogP contribution in [0.4, 0.5) is 17.2 Å². The summed E-state index contributed by atoms with van der Waals surface area (Å²) in [6, 6.07) is 18.3. The predicted molar refractivity (Wildman–Crippen MR) is 145 cm³/mol. The van der Waals surface area contributed by atoms with E-state index in [2.05, 4.69) is 38.7 Å². The summed E-state index contributed by atoms with van der Waals surface area (Å²) in [5.41, 5.74) is 10.4. The first-order valence-corrected chi connectivity index (χ1v) is 13.2. The molecule has 2 aliphatic rings. The smallest absolute Gasteiger partial charge is 0.298 e. The molecule has 1 amide bonds. The fourth-order valence-electron chi connectivity index (χ4n) is 5.16. The molecule has 8 nitrogen and oxygen atoms in total. The molecule has 1 saturated heterocycles. The molecular weight excluding hydrogens is 472 g/mol. The zero-order valence-corrected chi connectivity index (χ0v) is 20.7. The third-order valence-corrected chi connectivity index (χ3v) is 8.01. The molecule has 0 spiro atoms. The van der Waals surface area contributed by atoms with Crippen LogP contribution in [0, 0.1) is 0 Å². The quantitative estimate of drug-likeness (QED) is 0.396. The number of fused-ring (bicyclic) bond motifs is 2. The Hall–Kier alpha value is -3.69. The highest BCUT2D eigenvalue weighted by molar-refractivity contribution is 7.20. The topological polar surface area (TPSA) is 105 Å². The van der Waals surface area contributed by atoms with Crippen LogP contribution in [0.25, 0.3) is 16.0 Å². The molecule has 9 heteroatoms. The Morgan fingerprint density at radius 3 is 2.69 bits per heavy atom. The highest BCUT2D eigenvalue weighted by Gasteiger charge is 2.23. The molecule has 2 aliphatic heterocycles. The number of aryl methyl sites for hydroxylation is 1. The molecule has 0 bridgehead atoms. The zero-order chi connectivity index (χ0) is 24.6. The van der Waals surface area contributed by atoms with E-state index in [0.29, 0.717) is 20.9 Å². The Balaban J connectivity index is 1.42. The predicted octanol–water partition coefficient (Wildman–Crippen LogP) is 3.60. The van der Waals surface area contributed by atoms with Gasteiger partial charge in [0.1, 0.15) is 4.83 Å². The average molecular weight is 501 g/mol. The Bertz CT molecular complexity index is 1490. The second-order valence-corrected chi connectivity index (χ2v) is 10.4. The number of piperidine rings is 1. The molecule has 0 aliphatic carbocycles. The number of nitrogens with two attached hydrogens (primary N) is 1. The third-order valence-electron chi connectivity index (χ3n) is 6.99. The summed E-state index contributed by atoms with van der Waals surface area (Å²) in [7, 11) is 0. The minimum absolute atomic E-state index is 0.0766. The van der Waals surface area contributed by atoms with Crippen LogP contribution >= 0.6 is 11.3 Å². The lowest BCUT2D eigenvalue weighted by Gasteiger charge is -2.32. The first kappa shape index (κ1) is 22.8. The monoisotopic (exact) mass is 500 g/mol. The number of nitrogens with zero attached hydrogens (tertiary/aromatic N) is 3. The van der Waals surface area contributed by atoms with Crippen LogP contribution in [0.2, 0.25) is 0 Å². The number of nitrogens with one attached hydrogen (secondary N) is 2. The number of para-hydroxylation sites is 1. The number of thiophene rings is 1. The van der Waals surface area contributed by atoms with Gasteiger partial charge in [0.05, 0.1) is 16.1 Å². The molecule has 6 rings (SSSR count). The molecule has 1 fully saturated rings. The fraction of sp³-hybridized carbons (Fsp3) is 0.296. The summed E-state index contributed by atoms with van der Waals surface area (Å²) in [6.07, 6.45) is 3.86. The van der Waals surface area contributed by atoms with Gasteiger partial charge in [-0.3, -0.25) is 14.2 Å². The van der Waals surface area contributed by atoms with Gasteiger partial charge in [-0.2, -0.15) is 0 Å². The number of hydrogen-bond acceptors (Lipinski definition) is 7. The largest absolute Gasteiger partial charge is 0.379 e. The maximum absolute atomic E-state index is 13.3. The molecule has 0 atom stereocenters. The molecular formula is C27H28N6O2S. The van der Waals surface area contributed by atoms with Crippen molar-refractivity contribution in [3.05, 3.63) is 75.4 Å². The van der Waals surface area contributed by atoms with Gasteiger partial charge >= 0.3 is 0 Å². The minimum atomic E-state index is -0.382. The maximum Gasteiger partial charge on any atom is 0.298 e. The van der Waals surface area contributed by atoms with Crippen LogP contribution < -0.4 is 26.8 Å². The fourth-order valence-corrected chi connectivity index (χ4v) is 6.09. The summed E-state index contributed by atoms with van der Waals surface area (Å²) in [6.45, 7) is 2.70. The zero-order valence-electron chi connectivity index (χ0n) is 19.9. The van der Waals surface area contributed by atoms with Crippen LogP contribution in [0.5, 0.6) is 0 Å². The van der Waals surface area contributed by atoms with Crippen LogP contribution in [-0.4, -0.2) is 41.1 Å². The lowest BCUT2D eigenvalue weighted by Crippen LogP contribution is -2.42. The second kappa shape index (κ2) is 9.40. The van der Waals surface area contributed by atoms with E-state index < -0.39 is 0 Å². The van der Waals surface area contributed by atoms with Crippen LogP contribution in [0.3, 0.4) is 0 Å². The van der Waals surface area contributed by atoms with Gasteiger partial charge in [0.25, 0.3) is 11.5 Å². The summed E-state index contributed by atoms with van der Waals surface area (Å²) in [5.74, 6) is -0.213. The second-order valence-electron chi connectivity index (χ2n) is 9.34. The van der Waals surface area contributed by atoms with Crippen molar-refractivity contribution in [2.45, 2.75) is 31.7 Å². The number of benzene rings is 2. The number of aromatic nitrogens is 2. The van der Waals surface area contributed by atoms with E-state index in [9.17, 15) is 9.59 Å². The standard InChI is InChI=1S/C27H28N6O2S/c28-24-27(35)33(22-16-23(36-26(22)31-24)25(34)30-18-10-12-29-13-11-18)20-9-8-17-5-4-14-32(21(17)15-20)19-6-2-1-3-7-19/h1-3,6-9,15-16,18,29H,4-5,10-14H2,(H2,28,31)(H,30,34). The molecule has 184 valence electrons. The van der Waals surface area contributed by atoms with Crippen LogP contribution in [-0.2, 0) is 6.42 Å². The van der Waals surface area contributed by atoms with Crippen molar-refractivity contribution >= 4 is 44.8 Å². The van der Waals surface area contributed by atoms with Crippen molar-refractivity contribution in [2.75, 3.05) is 30.3 Å². The SMILES string of the molecule is Nc1nc2sc(C(=O)NC3CCNCC3)cc2n(-c2ccc3c(c2)N(c2ccccc2)CCC3)c1=O. The van der Waals surface area contributed by atoms with E-state index in [1.807, 2.05) is 30.3 Å². The minimum Gasteiger partial charge on any atom is -0.379 e. The van der Waals surface area contributed by atoms with Crippen molar-refractivity contribution < 1.29 is 4.79 Å². The number of amides is 1. The van der Waals surface area contributed by atoms with E-state index in [0.717, 1.165) is 56.7 Å². The molecule has 4 aromatic rings. The molecule has 0 unspecified atom stereocenters. The number of nitrogen functional groups attached to an aromatic ring is 1. The summed E-state index contributed by atoms with van der Waals surface area (Å²) >= 11 is 1.26. The molecule has 36 heavy (non-hydrogen) atoms. The molecule has 2 aromatic carbocycles. The Labute approximate surface area is 212 Å². The number of anilines is 3. The van der Waals surface area contributed by atoms with E-state index in [1.165, 1.54) is 16.9 Å². The molecule has 4 N–H and O–H groups in total. The van der Waals surface area contributed by atoms with Gasteiger partial charge in [0.15, 0.2) is 5.82 Å². The Morgan fingerprint density at radius 1 is 1.08 bits per heavy atom. The summed E-state index contributed by atoms with van der Waals surface area (Å²) in [4.78, 5) is 34.0. The first-order valence-electron chi connectivity index (χ1n) is 12.4. The maximum atomic E-state index is 13.3. The first-order chi connectivity index (χ1) is 17.6. The third kappa shape index (κ3) is 4.14. The highest BCUT2D eigenvalue weighted by atomic mass is 32.1. The van der Waals surface area contributed by atoms with Crippen LogP contribution in [0.1, 0.15) is 34.5 Å². The normalized spacial score (nSPS) is 16.2. The molecule has 4 heterocycles. The number of hydrogen-bond donors (Lipinski definition) is 3. The lowest BCUT2D eigenvalue weighted by molar-refractivity contribution is 0.0933. The van der Waals surface area contributed by atoms with Crippen molar-refractivity contribution in [3.63, 3.8) is 0 Å². The Morgan fingerprint density at radius 2 is 1.89 bits per heavy atom. The average Bonchev–Trinajstić information content (AvgIpc) is 3.33. The number of carbonyl (C=O) groups excluding carboxylic acids is 1. The van der Waals surface area contributed by atoms with Gasteiger partial charge in [0.2, 0.25) is 0 Å². The van der Waals surface area contributed by atoms with Gasteiger partial charge < -0.3 is 21.3 Å². The van der Waals surface area contributed by atoms with Crippen molar-refractivity contribution in [3.8, 4) is 5.69 Å². The van der Waals surface area contributed by atoms with E-state index in [-0.39, 0.29) is 23.3 Å². The summed E-state index contributed by atoms with van der Waals surface area (Å²) < 4.78 is 1.59. The number of carbonyl (C=O) groups is 1. The van der Waals surface area contributed by atoms with Crippen molar-refractivity contribution in [1.29, 1.82) is 0 Å². The highest BCUT2D eigenvalue weighted by Crippen LogP contribution is 2.35. The van der Waals surface area contributed by atoms with E-state index >= 15 is 0 Å². The molecule has 0 saturated carbocycles. The van der Waals surface area contributed by atoms with Crippen LogP contribution in [0.15, 0.2) is 59.4 Å². The van der Waals surface area contributed by atoms with Gasteiger partial charge in [-0.25, -0.2) is 4.98 Å². The van der Waals surface area contributed by atoms with Gasteiger partial charge in [-0.05, 0) is 74.7 Å². The van der Waals surface area contributed by atoms with Crippen molar-refractivity contribution in [1.82, 2.24) is 20.2 Å². The number of rotatable bonds is 4. The molecule has 0 radical (unpaired) electrons. The lowest BCUT2D eigenvalue weighted by atomic mass is 10.00.